The molecule has 1 saturated carbocycles. The van der Waals surface area contributed by atoms with Crippen molar-refractivity contribution in [2.24, 2.45) is 0 Å². The van der Waals surface area contributed by atoms with Crippen molar-refractivity contribution in [3.63, 3.8) is 0 Å². The van der Waals surface area contributed by atoms with E-state index in [1.807, 2.05) is 7.05 Å². The number of hydrogen-bond donors (Lipinski definition) is 1. The van der Waals surface area contributed by atoms with Crippen molar-refractivity contribution in [3.8, 4) is 5.88 Å². The number of halogens is 2. The first-order chi connectivity index (χ1) is 8.20. The number of nitrogens with zero attached hydrogens (tertiary/aromatic N) is 1. The second-order valence-corrected chi connectivity index (χ2v) is 5.19. The average Bonchev–Trinajstić information content (AvgIpc) is 2.33. The van der Waals surface area contributed by atoms with Crippen LogP contribution in [0.3, 0.4) is 0 Å². The van der Waals surface area contributed by atoms with Crippen LogP contribution in [0.15, 0.2) is 16.7 Å². The van der Waals surface area contributed by atoms with E-state index in [0.717, 1.165) is 19.3 Å². The molecule has 0 aromatic carbocycles. The Morgan fingerprint density at radius 1 is 1.47 bits per heavy atom. The van der Waals surface area contributed by atoms with Crippen molar-refractivity contribution in [1.29, 1.82) is 0 Å². The van der Waals surface area contributed by atoms with Crippen LogP contribution in [0.4, 0.5) is 4.39 Å². The summed E-state index contributed by atoms with van der Waals surface area (Å²) >= 11 is 3.18. The number of ether oxygens (including phenoxy) is 1. The van der Waals surface area contributed by atoms with E-state index in [1.165, 1.54) is 12.5 Å². The molecule has 2 rings (SSSR count). The Morgan fingerprint density at radius 2 is 2.24 bits per heavy atom. The van der Waals surface area contributed by atoms with Crippen LogP contribution in [0, 0.1) is 5.82 Å². The van der Waals surface area contributed by atoms with Crippen molar-refractivity contribution in [3.05, 3.63) is 22.6 Å². The molecule has 1 aromatic heterocycles. The van der Waals surface area contributed by atoms with Crippen molar-refractivity contribution < 1.29 is 9.13 Å². The molecule has 0 radical (unpaired) electrons. The molecule has 0 saturated heterocycles. The van der Waals surface area contributed by atoms with Gasteiger partial charge in [-0.15, -0.1) is 0 Å². The van der Waals surface area contributed by atoms with Crippen molar-refractivity contribution in [2.75, 3.05) is 7.05 Å². The maximum Gasteiger partial charge on any atom is 0.250 e. The van der Waals surface area contributed by atoms with E-state index in [9.17, 15) is 4.39 Å². The summed E-state index contributed by atoms with van der Waals surface area (Å²) in [6.45, 7) is 0. The Balaban J connectivity index is 2.08. The van der Waals surface area contributed by atoms with Gasteiger partial charge in [0.25, 0.3) is 5.88 Å². The highest BCUT2D eigenvalue weighted by molar-refractivity contribution is 9.10. The Labute approximate surface area is 109 Å². The predicted octanol–water partition coefficient (Wildman–Crippen LogP) is 2.89. The van der Waals surface area contributed by atoms with Crippen molar-refractivity contribution in [2.45, 2.75) is 37.8 Å². The van der Waals surface area contributed by atoms with Crippen LogP contribution in [-0.4, -0.2) is 24.2 Å². The van der Waals surface area contributed by atoms with Crippen LogP contribution < -0.4 is 10.1 Å². The second kappa shape index (κ2) is 5.78. The highest BCUT2D eigenvalue weighted by Gasteiger charge is 2.26. The molecule has 1 aliphatic carbocycles. The van der Waals surface area contributed by atoms with Gasteiger partial charge in [-0.05, 0) is 48.3 Å². The van der Waals surface area contributed by atoms with E-state index in [2.05, 4.69) is 26.2 Å². The molecule has 17 heavy (non-hydrogen) atoms. The Kier molecular flexibility index (Phi) is 4.34. The van der Waals surface area contributed by atoms with Gasteiger partial charge < -0.3 is 10.1 Å². The molecule has 1 fully saturated rings. The fourth-order valence-corrected chi connectivity index (χ4v) is 2.50. The number of nitrogens with one attached hydrogen (secondary N) is 1. The second-order valence-electron chi connectivity index (χ2n) is 4.28. The maximum absolute atomic E-state index is 13.6. The number of rotatable bonds is 3. The normalized spacial score (nSPS) is 24.6. The van der Waals surface area contributed by atoms with E-state index in [4.69, 9.17) is 4.74 Å². The largest absolute Gasteiger partial charge is 0.471 e. The molecule has 1 heterocycles. The minimum absolute atomic E-state index is 0.0110. The number of pyridine rings is 1. The van der Waals surface area contributed by atoms with Gasteiger partial charge in [0.05, 0.1) is 0 Å². The van der Waals surface area contributed by atoms with Gasteiger partial charge in [0.15, 0.2) is 5.82 Å². The van der Waals surface area contributed by atoms with E-state index in [-0.39, 0.29) is 18.0 Å². The number of hydrogen-bond acceptors (Lipinski definition) is 3. The highest BCUT2D eigenvalue weighted by atomic mass is 79.9. The fraction of sp³-hybridized carbons (Fsp3) is 0.583. The fourth-order valence-electron chi connectivity index (χ4n) is 2.20. The van der Waals surface area contributed by atoms with Gasteiger partial charge in [-0.1, -0.05) is 6.42 Å². The summed E-state index contributed by atoms with van der Waals surface area (Å²) in [6.07, 6.45) is 5.90. The molecule has 0 bridgehead atoms. The van der Waals surface area contributed by atoms with Crippen LogP contribution in [-0.2, 0) is 0 Å². The van der Waals surface area contributed by atoms with E-state index < -0.39 is 5.82 Å². The standard InChI is InChI=1S/C12H16BrFN2O/c1-15-10-4-2-3-5-11(10)17-12-9(14)6-8(13)7-16-12/h6-7,10-11,15H,2-5H2,1H3. The third-order valence-electron chi connectivity index (χ3n) is 3.11. The predicted molar refractivity (Wildman–Crippen MR) is 67.6 cm³/mol. The van der Waals surface area contributed by atoms with Crippen LogP contribution in [0.1, 0.15) is 25.7 Å². The van der Waals surface area contributed by atoms with Gasteiger partial charge in [-0.2, -0.15) is 0 Å². The van der Waals surface area contributed by atoms with E-state index in [1.54, 1.807) is 6.20 Å². The summed E-state index contributed by atoms with van der Waals surface area (Å²) < 4.78 is 19.9. The number of aromatic nitrogens is 1. The van der Waals surface area contributed by atoms with Crippen LogP contribution in [0.25, 0.3) is 0 Å². The molecule has 0 aliphatic heterocycles. The lowest BCUT2D eigenvalue weighted by Gasteiger charge is -2.31. The lowest BCUT2D eigenvalue weighted by Crippen LogP contribution is -2.43. The Bertz CT molecular complexity index is 389. The zero-order chi connectivity index (χ0) is 12.3. The molecule has 2 unspecified atom stereocenters. The molecular weight excluding hydrogens is 287 g/mol. The minimum Gasteiger partial charge on any atom is -0.471 e. The third kappa shape index (κ3) is 3.16. The van der Waals surface area contributed by atoms with E-state index >= 15 is 0 Å². The van der Waals surface area contributed by atoms with Gasteiger partial charge in [0.1, 0.15) is 6.10 Å². The lowest BCUT2D eigenvalue weighted by atomic mass is 9.92. The molecule has 94 valence electrons. The zero-order valence-corrected chi connectivity index (χ0v) is 11.3. The smallest absolute Gasteiger partial charge is 0.250 e. The molecule has 1 aromatic rings. The van der Waals surface area contributed by atoms with Crippen molar-refractivity contribution in [1.82, 2.24) is 10.3 Å². The molecule has 5 heteroatoms. The summed E-state index contributed by atoms with van der Waals surface area (Å²) in [5, 5.41) is 3.22. The van der Waals surface area contributed by atoms with E-state index in [0.29, 0.717) is 4.47 Å². The molecule has 1 aliphatic rings. The monoisotopic (exact) mass is 302 g/mol. The molecule has 3 nitrogen and oxygen atoms in total. The maximum atomic E-state index is 13.6. The SMILES string of the molecule is CNC1CCCCC1Oc1ncc(Br)cc1F. The molecule has 0 spiro atoms. The molecule has 2 atom stereocenters. The molecule has 0 amide bonds. The van der Waals surface area contributed by atoms with Crippen LogP contribution in [0.5, 0.6) is 5.88 Å². The average molecular weight is 303 g/mol. The molecular formula is C12H16BrFN2O. The summed E-state index contributed by atoms with van der Waals surface area (Å²) in [5.41, 5.74) is 0. The summed E-state index contributed by atoms with van der Waals surface area (Å²) in [4.78, 5) is 3.97. The summed E-state index contributed by atoms with van der Waals surface area (Å²) in [5.74, 6) is -0.319. The summed E-state index contributed by atoms with van der Waals surface area (Å²) in [7, 11) is 1.91. The first kappa shape index (κ1) is 12.8. The first-order valence-electron chi connectivity index (χ1n) is 5.85. The Morgan fingerprint density at radius 3 is 2.94 bits per heavy atom. The topological polar surface area (TPSA) is 34.1 Å². The van der Waals surface area contributed by atoms with Gasteiger partial charge in [-0.3, -0.25) is 0 Å². The zero-order valence-electron chi connectivity index (χ0n) is 9.75. The van der Waals surface area contributed by atoms with Gasteiger partial charge in [-0.25, -0.2) is 9.37 Å². The van der Waals surface area contributed by atoms with Gasteiger partial charge in [0.2, 0.25) is 0 Å². The lowest BCUT2D eigenvalue weighted by molar-refractivity contribution is 0.107. The third-order valence-corrected chi connectivity index (χ3v) is 3.54. The Hall–Kier alpha value is -0.680. The first-order valence-corrected chi connectivity index (χ1v) is 6.65. The van der Waals surface area contributed by atoms with Gasteiger partial charge in [0, 0.05) is 16.7 Å². The molecule has 1 N–H and O–H groups in total. The van der Waals surface area contributed by atoms with Crippen molar-refractivity contribution >= 4 is 15.9 Å². The van der Waals surface area contributed by atoms with Crippen LogP contribution >= 0.6 is 15.9 Å². The highest BCUT2D eigenvalue weighted by Crippen LogP contribution is 2.25. The van der Waals surface area contributed by atoms with Gasteiger partial charge >= 0.3 is 0 Å². The summed E-state index contributed by atoms with van der Waals surface area (Å²) in [6, 6.07) is 1.66. The van der Waals surface area contributed by atoms with Crippen LogP contribution in [0.2, 0.25) is 0 Å². The minimum atomic E-state index is -0.417. The number of likely N-dealkylation sites (N-methyl/N-ethyl adjacent to an activating group) is 1. The quantitative estimate of drug-likeness (QED) is 0.932.